The Bertz CT molecular complexity index is 840. The van der Waals surface area contributed by atoms with E-state index in [1.54, 1.807) is 24.3 Å². The molecule has 156 valence electrons. The maximum atomic E-state index is 12.5. The standard InChI is InChI=1S/C24H31NO4/c1-17-6-7-18(2)22(14-17)29-13-5-12-24(3,4)23(28)25-15-21(27)20-10-8-19(16-26)9-11-20/h6-11,14,26H,5,12-13,15-16H2,1-4H3,(H,25,28). The van der Waals surface area contributed by atoms with Gasteiger partial charge in [-0.2, -0.15) is 0 Å². The quantitative estimate of drug-likeness (QED) is 0.470. The van der Waals surface area contributed by atoms with Gasteiger partial charge in [-0.05, 0) is 49.4 Å². The van der Waals surface area contributed by atoms with Crippen LogP contribution in [0.1, 0.15) is 53.7 Å². The third-order valence-electron chi connectivity index (χ3n) is 5.03. The van der Waals surface area contributed by atoms with Gasteiger partial charge >= 0.3 is 0 Å². The number of carbonyl (C=O) groups excluding carboxylic acids is 2. The van der Waals surface area contributed by atoms with Crippen LogP contribution in [0.2, 0.25) is 0 Å². The van der Waals surface area contributed by atoms with Crippen molar-refractivity contribution in [3.63, 3.8) is 0 Å². The van der Waals surface area contributed by atoms with Crippen LogP contribution in [0.3, 0.4) is 0 Å². The van der Waals surface area contributed by atoms with E-state index >= 15 is 0 Å². The van der Waals surface area contributed by atoms with E-state index in [1.165, 1.54) is 0 Å². The number of carbonyl (C=O) groups is 2. The van der Waals surface area contributed by atoms with Crippen LogP contribution in [0, 0.1) is 19.3 Å². The topological polar surface area (TPSA) is 75.6 Å². The minimum Gasteiger partial charge on any atom is -0.493 e. The smallest absolute Gasteiger partial charge is 0.226 e. The number of aliphatic hydroxyl groups excluding tert-OH is 1. The van der Waals surface area contributed by atoms with Crippen molar-refractivity contribution in [2.45, 2.75) is 47.1 Å². The summed E-state index contributed by atoms with van der Waals surface area (Å²) < 4.78 is 5.86. The van der Waals surface area contributed by atoms with E-state index < -0.39 is 5.41 Å². The van der Waals surface area contributed by atoms with Crippen LogP contribution < -0.4 is 10.1 Å². The van der Waals surface area contributed by atoms with Crippen molar-refractivity contribution in [3.05, 3.63) is 64.7 Å². The molecule has 0 saturated heterocycles. The lowest BCUT2D eigenvalue weighted by atomic mass is 9.87. The van der Waals surface area contributed by atoms with Crippen LogP contribution in [0.4, 0.5) is 0 Å². The Kier molecular flexibility index (Phi) is 7.97. The van der Waals surface area contributed by atoms with Crippen molar-refractivity contribution >= 4 is 11.7 Å². The summed E-state index contributed by atoms with van der Waals surface area (Å²) in [6.45, 7) is 8.23. The molecule has 0 spiro atoms. The Hall–Kier alpha value is -2.66. The molecule has 1 amide bonds. The molecule has 2 N–H and O–H groups in total. The number of aryl methyl sites for hydroxylation is 2. The lowest BCUT2D eigenvalue weighted by molar-refractivity contribution is -0.129. The van der Waals surface area contributed by atoms with Crippen molar-refractivity contribution < 1.29 is 19.4 Å². The monoisotopic (exact) mass is 397 g/mol. The van der Waals surface area contributed by atoms with Crippen molar-refractivity contribution in [3.8, 4) is 5.75 Å². The van der Waals surface area contributed by atoms with E-state index in [-0.39, 0.29) is 24.8 Å². The van der Waals surface area contributed by atoms with Crippen molar-refractivity contribution in [1.29, 1.82) is 0 Å². The molecule has 0 aromatic heterocycles. The second-order valence-corrected chi connectivity index (χ2v) is 8.07. The molecule has 5 heteroatoms. The molecule has 0 atom stereocenters. The summed E-state index contributed by atoms with van der Waals surface area (Å²) in [5.41, 5.74) is 2.92. The minimum atomic E-state index is -0.591. The summed E-state index contributed by atoms with van der Waals surface area (Å²) in [6, 6.07) is 12.8. The number of hydrogen-bond acceptors (Lipinski definition) is 4. The van der Waals surface area contributed by atoms with Gasteiger partial charge < -0.3 is 15.2 Å². The zero-order valence-electron chi connectivity index (χ0n) is 17.7. The van der Waals surface area contributed by atoms with Gasteiger partial charge in [0.05, 0.1) is 19.8 Å². The SMILES string of the molecule is Cc1ccc(C)c(OCCCC(C)(C)C(=O)NCC(=O)c2ccc(CO)cc2)c1. The molecule has 0 unspecified atom stereocenters. The normalized spacial score (nSPS) is 11.2. The second kappa shape index (κ2) is 10.2. The molecule has 2 aromatic rings. The van der Waals surface area contributed by atoms with Crippen molar-refractivity contribution in [2.24, 2.45) is 5.41 Å². The van der Waals surface area contributed by atoms with Gasteiger partial charge in [-0.1, -0.05) is 50.2 Å². The van der Waals surface area contributed by atoms with Gasteiger partial charge in [0.1, 0.15) is 5.75 Å². The van der Waals surface area contributed by atoms with Crippen LogP contribution in [0.5, 0.6) is 5.75 Å². The predicted molar refractivity (Wildman–Crippen MR) is 114 cm³/mol. The summed E-state index contributed by atoms with van der Waals surface area (Å²) in [5, 5.41) is 11.8. The molecule has 0 heterocycles. The first-order valence-corrected chi connectivity index (χ1v) is 9.94. The summed E-state index contributed by atoms with van der Waals surface area (Å²) in [7, 11) is 0. The fourth-order valence-corrected chi connectivity index (χ4v) is 2.97. The number of ketones is 1. The number of aliphatic hydroxyl groups is 1. The van der Waals surface area contributed by atoms with E-state index in [9.17, 15) is 9.59 Å². The van der Waals surface area contributed by atoms with Crippen LogP contribution >= 0.6 is 0 Å². The van der Waals surface area contributed by atoms with Crippen LogP contribution in [0.15, 0.2) is 42.5 Å². The highest BCUT2D eigenvalue weighted by Crippen LogP contribution is 2.24. The molecule has 0 bridgehead atoms. The molecule has 0 aliphatic heterocycles. The highest BCUT2D eigenvalue weighted by molar-refractivity contribution is 5.99. The van der Waals surface area contributed by atoms with Gasteiger partial charge in [-0.25, -0.2) is 0 Å². The maximum absolute atomic E-state index is 12.5. The highest BCUT2D eigenvalue weighted by Gasteiger charge is 2.27. The molecule has 5 nitrogen and oxygen atoms in total. The fraction of sp³-hybridized carbons (Fsp3) is 0.417. The van der Waals surface area contributed by atoms with E-state index in [1.807, 2.05) is 39.8 Å². The van der Waals surface area contributed by atoms with E-state index in [0.29, 0.717) is 18.6 Å². The Morgan fingerprint density at radius 3 is 2.41 bits per heavy atom. The molecule has 29 heavy (non-hydrogen) atoms. The summed E-state index contributed by atoms with van der Waals surface area (Å²) in [6.07, 6.45) is 1.40. The summed E-state index contributed by atoms with van der Waals surface area (Å²) in [5.74, 6) is 0.575. The van der Waals surface area contributed by atoms with E-state index in [0.717, 1.165) is 28.9 Å². The minimum absolute atomic E-state index is 0.0419. The van der Waals surface area contributed by atoms with Gasteiger partial charge in [0.2, 0.25) is 5.91 Å². The van der Waals surface area contributed by atoms with Gasteiger partial charge in [0.15, 0.2) is 5.78 Å². The molecule has 0 fully saturated rings. The van der Waals surface area contributed by atoms with Crippen molar-refractivity contribution in [1.82, 2.24) is 5.32 Å². The number of Topliss-reactive ketones (excluding diaryl/α,β-unsaturated/α-hetero) is 1. The number of rotatable bonds is 10. The van der Waals surface area contributed by atoms with Gasteiger partial charge in [0.25, 0.3) is 0 Å². The zero-order chi connectivity index (χ0) is 21.4. The number of hydrogen-bond donors (Lipinski definition) is 2. The average Bonchev–Trinajstić information content (AvgIpc) is 2.71. The van der Waals surface area contributed by atoms with Crippen LogP contribution in [-0.2, 0) is 11.4 Å². The molecule has 0 radical (unpaired) electrons. The second-order valence-electron chi connectivity index (χ2n) is 8.07. The number of ether oxygens (including phenoxy) is 1. The Morgan fingerprint density at radius 1 is 1.07 bits per heavy atom. The number of amides is 1. The first-order chi connectivity index (χ1) is 13.7. The lowest BCUT2D eigenvalue weighted by Gasteiger charge is -2.23. The molecule has 0 aliphatic rings. The molecular weight excluding hydrogens is 366 g/mol. The average molecular weight is 398 g/mol. The van der Waals surface area contributed by atoms with Gasteiger partial charge in [0, 0.05) is 11.0 Å². The molecule has 2 aromatic carbocycles. The van der Waals surface area contributed by atoms with E-state index in [2.05, 4.69) is 11.4 Å². The Labute approximate surface area is 173 Å². The van der Waals surface area contributed by atoms with Gasteiger partial charge in [-0.3, -0.25) is 9.59 Å². The number of nitrogens with one attached hydrogen (secondary N) is 1. The molecule has 0 aliphatic carbocycles. The van der Waals surface area contributed by atoms with Crippen LogP contribution in [-0.4, -0.2) is 29.9 Å². The first kappa shape index (κ1) is 22.6. The van der Waals surface area contributed by atoms with Gasteiger partial charge in [-0.15, -0.1) is 0 Å². The Balaban J connectivity index is 1.78. The summed E-state index contributed by atoms with van der Waals surface area (Å²) >= 11 is 0. The third kappa shape index (κ3) is 6.71. The molecular formula is C24H31NO4. The fourth-order valence-electron chi connectivity index (χ4n) is 2.97. The first-order valence-electron chi connectivity index (χ1n) is 9.94. The maximum Gasteiger partial charge on any atom is 0.226 e. The molecule has 2 rings (SSSR count). The van der Waals surface area contributed by atoms with E-state index in [4.69, 9.17) is 9.84 Å². The third-order valence-corrected chi connectivity index (χ3v) is 5.03. The summed E-state index contributed by atoms with van der Waals surface area (Å²) in [4.78, 5) is 24.8. The predicted octanol–water partition coefficient (Wildman–Crippen LogP) is 3.98. The largest absolute Gasteiger partial charge is 0.493 e. The highest BCUT2D eigenvalue weighted by atomic mass is 16.5. The zero-order valence-corrected chi connectivity index (χ0v) is 17.7. The van der Waals surface area contributed by atoms with Crippen molar-refractivity contribution in [2.75, 3.05) is 13.2 Å². The molecule has 0 saturated carbocycles. The number of benzene rings is 2. The Morgan fingerprint density at radius 2 is 1.76 bits per heavy atom. The lowest BCUT2D eigenvalue weighted by Crippen LogP contribution is -2.39. The van der Waals surface area contributed by atoms with Crippen LogP contribution in [0.25, 0.3) is 0 Å².